The van der Waals surface area contributed by atoms with Gasteiger partial charge in [-0.2, -0.15) is 0 Å². The first kappa shape index (κ1) is 15.2. The van der Waals surface area contributed by atoms with E-state index in [1.807, 2.05) is 37.4 Å². The smallest absolute Gasteiger partial charge is 0.123 e. The van der Waals surface area contributed by atoms with Gasteiger partial charge in [0.1, 0.15) is 12.4 Å². The number of nitrogens with zero attached hydrogens (tertiary/aromatic N) is 1. The van der Waals surface area contributed by atoms with E-state index in [4.69, 9.17) is 5.11 Å². The van der Waals surface area contributed by atoms with Crippen LogP contribution in [0.5, 0.6) is 0 Å². The Balaban J connectivity index is 2.07. The van der Waals surface area contributed by atoms with E-state index in [9.17, 15) is 4.39 Å². The van der Waals surface area contributed by atoms with Crippen molar-refractivity contribution < 1.29 is 9.50 Å². The number of benzene rings is 2. The molecule has 3 heteroatoms. The lowest BCUT2D eigenvalue weighted by Crippen LogP contribution is -2.18. The van der Waals surface area contributed by atoms with Crippen LogP contribution in [-0.4, -0.2) is 23.7 Å². The van der Waals surface area contributed by atoms with Gasteiger partial charge in [0.2, 0.25) is 0 Å². The van der Waals surface area contributed by atoms with Crippen molar-refractivity contribution in [3.05, 3.63) is 71.0 Å². The summed E-state index contributed by atoms with van der Waals surface area (Å²) in [4.78, 5) is 2.11. The van der Waals surface area contributed by atoms with Crippen LogP contribution in [0.4, 0.5) is 4.39 Å². The molecule has 2 rings (SSSR count). The molecule has 108 valence electrons. The van der Waals surface area contributed by atoms with Crippen molar-refractivity contribution in [3.63, 3.8) is 0 Å². The summed E-state index contributed by atoms with van der Waals surface area (Å²) in [5, 5.41) is 8.80. The van der Waals surface area contributed by atoms with E-state index >= 15 is 0 Å². The lowest BCUT2D eigenvalue weighted by Gasteiger charge is -2.17. The molecule has 0 aliphatic heterocycles. The quantitative estimate of drug-likeness (QED) is 0.872. The summed E-state index contributed by atoms with van der Waals surface area (Å²) in [5.74, 6) is 5.41. The largest absolute Gasteiger partial charge is 0.384 e. The van der Waals surface area contributed by atoms with E-state index in [1.54, 1.807) is 12.1 Å². The standard InChI is InChI=1S/C18H18FNO/c1-20(13-15-6-4-10-18(19)12-15)14-17-8-3-2-7-16(17)9-5-11-21/h2-4,6-8,10,12,21H,11,13-14H2,1H3. The molecule has 0 saturated heterocycles. The fourth-order valence-corrected chi connectivity index (χ4v) is 2.21. The molecule has 1 N–H and O–H groups in total. The molecular weight excluding hydrogens is 265 g/mol. The highest BCUT2D eigenvalue weighted by molar-refractivity contribution is 5.41. The second kappa shape index (κ2) is 7.58. The van der Waals surface area contributed by atoms with Gasteiger partial charge in [-0.1, -0.05) is 42.2 Å². The van der Waals surface area contributed by atoms with Crippen molar-refractivity contribution in [2.75, 3.05) is 13.7 Å². The minimum atomic E-state index is -0.213. The second-order valence-corrected chi connectivity index (χ2v) is 4.92. The van der Waals surface area contributed by atoms with Gasteiger partial charge >= 0.3 is 0 Å². The van der Waals surface area contributed by atoms with Gasteiger partial charge in [0.05, 0.1) is 0 Å². The summed E-state index contributed by atoms with van der Waals surface area (Å²) in [7, 11) is 1.99. The molecule has 2 aromatic carbocycles. The maximum Gasteiger partial charge on any atom is 0.123 e. The van der Waals surface area contributed by atoms with E-state index in [0.717, 1.165) is 16.7 Å². The number of aliphatic hydroxyl groups is 1. The third-order valence-corrected chi connectivity index (χ3v) is 3.10. The minimum Gasteiger partial charge on any atom is -0.384 e. The first-order valence-electron chi connectivity index (χ1n) is 6.79. The van der Waals surface area contributed by atoms with Gasteiger partial charge in [0.15, 0.2) is 0 Å². The molecule has 0 saturated carbocycles. The number of hydrogen-bond acceptors (Lipinski definition) is 2. The molecule has 2 nitrogen and oxygen atoms in total. The maximum absolute atomic E-state index is 13.2. The highest BCUT2D eigenvalue weighted by atomic mass is 19.1. The maximum atomic E-state index is 13.2. The van der Waals surface area contributed by atoms with Crippen LogP contribution in [0.25, 0.3) is 0 Å². The van der Waals surface area contributed by atoms with Crippen LogP contribution >= 0.6 is 0 Å². The van der Waals surface area contributed by atoms with E-state index < -0.39 is 0 Å². The van der Waals surface area contributed by atoms with Crippen molar-refractivity contribution in [2.24, 2.45) is 0 Å². The molecule has 0 aliphatic carbocycles. The molecule has 0 unspecified atom stereocenters. The third-order valence-electron chi connectivity index (χ3n) is 3.10. The molecule has 0 aromatic heterocycles. The Morgan fingerprint density at radius 3 is 2.67 bits per heavy atom. The average Bonchev–Trinajstić information content (AvgIpc) is 2.46. The Morgan fingerprint density at radius 2 is 1.90 bits per heavy atom. The van der Waals surface area contributed by atoms with Crippen molar-refractivity contribution in [3.8, 4) is 11.8 Å². The van der Waals surface area contributed by atoms with Gasteiger partial charge in [0.25, 0.3) is 0 Å². The highest BCUT2D eigenvalue weighted by Crippen LogP contribution is 2.13. The summed E-state index contributed by atoms with van der Waals surface area (Å²) < 4.78 is 13.2. The van der Waals surface area contributed by atoms with Crippen LogP contribution in [0.1, 0.15) is 16.7 Å². The summed E-state index contributed by atoms with van der Waals surface area (Å²) >= 11 is 0. The number of aliphatic hydroxyl groups excluding tert-OH is 1. The molecule has 0 aliphatic rings. The summed E-state index contributed by atoms with van der Waals surface area (Å²) in [6, 6.07) is 14.5. The second-order valence-electron chi connectivity index (χ2n) is 4.92. The highest BCUT2D eigenvalue weighted by Gasteiger charge is 2.05. The van der Waals surface area contributed by atoms with E-state index in [-0.39, 0.29) is 12.4 Å². The zero-order valence-electron chi connectivity index (χ0n) is 12.0. The molecule has 0 bridgehead atoms. The van der Waals surface area contributed by atoms with E-state index in [1.165, 1.54) is 6.07 Å². The Bertz CT molecular complexity index is 658. The molecule has 0 heterocycles. The van der Waals surface area contributed by atoms with Gasteiger partial charge in [-0.25, -0.2) is 4.39 Å². The minimum absolute atomic E-state index is 0.145. The summed E-state index contributed by atoms with van der Waals surface area (Å²) in [5.41, 5.74) is 2.95. The predicted octanol–water partition coefficient (Wildman–Crippen LogP) is 2.80. The zero-order chi connectivity index (χ0) is 15.1. The monoisotopic (exact) mass is 283 g/mol. The third kappa shape index (κ3) is 4.71. The van der Waals surface area contributed by atoms with Crippen LogP contribution in [0.15, 0.2) is 48.5 Å². The Morgan fingerprint density at radius 1 is 1.10 bits per heavy atom. The topological polar surface area (TPSA) is 23.5 Å². The first-order chi connectivity index (χ1) is 10.2. The van der Waals surface area contributed by atoms with Crippen LogP contribution in [0.2, 0.25) is 0 Å². The average molecular weight is 283 g/mol. The van der Waals surface area contributed by atoms with Crippen molar-refractivity contribution in [2.45, 2.75) is 13.1 Å². The fraction of sp³-hybridized carbons (Fsp3) is 0.222. The molecule has 0 spiro atoms. The lowest BCUT2D eigenvalue weighted by atomic mass is 10.1. The van der Waals surface area contributed by atoms with Gasteiger partial charge < -0.3 is 5.11 Å². The van der Waals surface area contributed by atoms with Gasteiger partial charge in [-0.15, -0.1) is 0 Å². The summed E-state index contributed by atoms with van der Waals surface area (Å²) in [6.45, 7) is 1.24. The Kier molecular flexibility index (Phi) is 5.51. The van der Waals surface area contributed by atoms with Crippen molar-refractivity contribution in [1.29, 1.82) is 0 Å². The molecule has 21 heavy (non-hydrogen) atoms. The van der Waals surface area contributed by atoms with Crippen LogP contribution in [0.3, 0.4) is 0 Å². The SMILES string of the molecule is CN(Cc1cccc(F)c1)Cc1ccccc1C#CCO. The molecule has 0 radical (unpaired) electrons. The van der Waals surface area contributed by atoms with Crippen molar-refractivity contribution >= 4 is 0 Å². The number of halogens is 1. The Labute approximate surface area is 124 Å². The lowest BCUT2D eigenvalue weighted by molar-refractivity contribution is 0.318. The van der Waals surface area contributed by atoms with E-state index in [0.29, 0.717) is 13.1 Å². The van der Waals surface area contributed by atoms with Gasteiger partial charge in [0, 0.05) is 18.7 Å². The zero-order valence-corrected chi connectivity index (χ0v) is 12.0. The van der Waals surface area contributed by atoms with Crippen LogP contribution in [-0.2, 0) is 13.1 Å². The number of rotatable bonds is 4. The Hall–Kier alpha value is -2.15. The van der Waals surface area contributed by atoms with Gasteiger partial charge in [-0.05, 0) is 36.4 Å². The molecule has 0 fully saturated rings. The van der Waals surface area contributed by atoms with Crippen LogP contribution in [0, 0.1) is 17.7 Å². The molecule has 0 atom stereocenters. The normalized spacial score (nSPS) is 10.3. The summed E-state index contributed by atoms with van der Waals surface area (Å²) in [6.07, 6.45) is 0. The van der Waals surface area contributed by atoms with Crippen LogP contribution < -0.4 is 0 Å². The van der Waals surface area contributed by atoms with E-state index in [2.05, 4.69) is 16.7 Å². The number of hydrogen-bond donors (Lipinski definition) is 1. The fourth-order valence-electron chi connectivity index (χ4n) is 2.21. The first-order valence-corrected chi connectivity index (χ1v) is 6.79. The molecule has 2 aromatic rings. The molecule has 0 amide bonds. The van der Waals surface area contributed by atoms with Crippen molar-refractivity contribution in [1.82, 2.24) is 4.90 Å². The molecular formula is C18H18FNO. The predicted molar refractivity (Wildman–Crippen MR) is 82.0 cm³/mol. The van der Waals surface area contributed by atoms with Gasteiger partial charge in [-0.3, -0.25) is 4.90 Å².